The first-order chi connectivity index (χ1) is 70.4. The quantitative estimate of drug-likeness (QED) is 0.00820. The van der Waals surface area contributed by atoms with Gasteiger partial charge in [0.25, 0.3) is 0 Å². The number of aromatic hydroxyl groups is 2. The number of hydrogen-bond acceptors (Lipinski definition) is 31. The molecule has 3 rings (SSSR count). The number of ether oxygens (including phenoxy) is 1. The topological polar surface area (TPSA) is 951 Å². The van der Waals surface area contributed by atoms with Crippen LogP contribution in [-0.4, -0.2) is 322 Å². The van der Waals surface area contributed by atoms with E-state index in [0.29, 0.717) is 11.1 Å². The average molecular weight is 2150 g/mol. The van der Waals surface area contributed by atoms with Crippen molar-refractivity contribution in [3.8, 4) is 11.5 Å². The number of aliphatic hydroxyl groups is 1. The Kier molecular flexibility index (Phi) is 59.5. The van der Waals surface area contributed by atoms with E-state index in [9.17, 15) is 107 Å². The normalized spacial score (nSPS) is 14.0. The predicted octanol–water partition coefficient (Wildman–Crippen LogP) is -9.62. The summed E-state index contributed by atoms with van der Waals surface area (Å²) in [4.78, 5) is 251. The van der Waals surface area contributed by atoms with Crippen molar-refractivity contribution >= 4 is 172 Å². The van der Waals surface area contributed by atoms with Gasteiger partial charge in [-0.25, -0.2) is 4.79 Å². The van der Waals surface area contributed by atoms with E-state index in [1.165, 1.54) is 77.9 Å². The standard InChI is InChI=1S/C90H145N33O23S3/c1-46(2)69(83(142)114-58(19-12-32-105-88(97)98)76(135)121-65(42-148-44-109-49(6)125)82(141)119-64(41-147)80(139)118-63(39-124)79(138)112-57(18-11-31-104-87(95)96)74(133)115-60(85(144)145)21-14-34-107-90(101)102)123-78(137)61(36-51-24-28-54(127)29-25-51)116-75(134)56(17-10-30-103-86(93)94)111-71(130)48(5)110-68(129)38-108-73(132)62(37-67(92)128)117-84(143)70(47(3)4)122-77(136)59(20-13-33-106-89(99)100)113-81(140)66(43-149-45-146-40-52-15-8-7-9-16-52)120-72(131)55(91)35-50-22-26-53(126)27-23-50/h7-9,15-16,22-29,46-48,55-66,69-70,124,126-127,147H,10-14,17-21,30-45,91H2,1-6H3,(H2,92,128)(H,108,132)(H,109,125)(H,110,129)(H,111,130)(H,112,138)(H,113,140)(H,114,142)(H,115,133)(H,116,134)(H,117,143)(H,118,139)(H,119,141)(H,120,131)(H,121,135)(H,122,136)(H,123,137)(H,144,145)(H4,93,94,103)(H4,95,96,104)(H4,97,98,105)(H4,99,100,106)(H4,101,102,107)/t48-,55-,56-,57-,58-,59-,60-,61-,62-,63-,64-,65-,66-,69-,70-/m0/s1. The number of nitrogens with two attached hydrogens (primary N) is 7. The highest BCUT2D eigenvalue weighted by molar-refractivity contribution is 7.99. The number of guanidine groups is 5. The summed E-state index contributed by atoms with van der Waals surface area (Å²) in [5.41, 5.74) is 41.0. The van der Waals surface area contributed by atoms with Gasteiger partial charge in [-0.3, -0.25) is 109 Å². The number of carboxylic acid groups (broad SMARTS) is 1. The minimum Gasteiger partial charge on any atom is -0.508 e. The van der Waals surface area contributed by atoms with Gasteiger partial charge in [-0.1, -0.05) is 82.3 Å². The molecule has 0 radical (unpaired) electrons. The fourth-order valence-electron chi connectivity index (χ4n) is 13.7. The Bertz CT molecular complexity index is 4990. The van der Waals surface area contributed by atoms with Crippen LogP contribution >= 0.6 is 36.2 Å². The van der Waals surface area contributed by atoms with Crippen LogP contribution in [0, 0.1) is 38.9 Å². The Morgan fingerprint density at radius 2 is 0.711 bits per heavy atom. The van der Waals surface area contributed by atoms with Crippen molar-refractivity contribution in [3.63, 3.8) is 0 Å². The molecule has 3 aromatic carbocycles. The first-order valence-electron chi connectivity index (χ1n) is 47.4. The smallest absolute Gasteiger partial charge is 0.326 e. The summed E-state index contributed by atoms with van der Waals surface area (Å²) in [6, 6.07) is -3.37. The summed E-state index contributed by atoms with van der Waals surface area (Å²) in [6.07, 6.45) is -2.22. The summed E-state index contributed by atoms with van der Waals surface area (Å²) in [7, 11) is 0. The maximum absolute atomic E-state index is 15.0. The second-order valence-corrected chi connectivity index (χ2v) is 37.2. The summed E-state index contributed by atoms with van der Waals surface area (Å²) < 4.78 is 5.81. The lowest BCUT2D eigenvalue weighted by atomic mass is 9.99. The highest BCUT2D eigenvalue weighted by atomic mass is 32.2. The number of nitrogens with one attached hydrogen (secondary N) is 26. The number of thiol groups is 1. The van der Waals surface area contributed by atoms with E-state index < -0.39 is 264 Å². The average Bonchev–Trinajstić information content (AvgIpc) is 0.837. The Morgan fingerprint density at radius 1 is 0.369 bits per heavy atom. The van der Waals surface area contributed by atoms with Crippen molar-refractivity contribution in [1.29, 1.82) is 27.0 Å². The van der Waals surface area contributed by atoms with Gasteiger partial charge in [0.2, 0.25) is 100 Å². The number of carbonyl (C=O) groups is 18. The molecule has 17 amide bonds. The van der Waals surface area contributed by atoms with Gasteiger partial charge in [0.1, 0.15) is 96.1 Å². The third-order valence-corrected chi connectivity index (χ3v) is 23.9. The van der Waals surface area contributed by atoms with E-state index in [2.05, 4.69) is 124 Å². The molecule has 0 heterocycles. The van der Waals surface area contributed by atoms with E-state index in [1.54, 1.807) is 12.1 Å². The zero-order valence-electron chi connectivity index (χ0n) is 83.6. The molecule has 0 bridgehead atoms. The van der Waals surface area contributed by atoms with Crippen molar-refractivity contribution in [1.82, 2.24) is 112 Å². The zero-order valence-corrected chi connectivity index (χ0v) is 86.1. The lowest BCUT2D eigenvalue weighted by Gasteiger charge is -2.29. The van der Waals surface area contributed by atoms with E-state index in [-0.39, 0.29) is 151 Å². The molecule has 0 aliphatic carbocycles. The van der Waals surface area contributed by atoms with E-state index >= 15 is 0 Å². The molecule has 826 valence electrons. The number of carbonyl (C=O) groups excluding carboxylic acids is 17. The minimum atomic E-state index is -1.87. The molecule has 0 saturated heterocycles. The molecule has 0 saturated carbocycles. The number of rotatable bonds is 71. The SMILES string of the molecule is CC(=O)NCSC[C@H](NC(=O)[C@H](CCCNC(=N)N)NC(=O)[C@@H](NC(=O)[C@H](Cc1ccc(O)cc1)NC(=O)[C@H](CCCNC(=N)N)NC(=O)[C@H](C)NC(=O)CNC(=O)[C@H](CC(N)=O)NC(=O)[C@@H](NC(=O)[C@H](CCCNC(=N)N)NC(=O)[C@H](CSCOCc1ccccc1)NC(=O)[C@@H](N)Cc1ccc(O)cc1)C(C)C)C(C)C)C(=O)N[C@@H](CS)C(=O)N[C@@H](CO)C(=O)N[C@@H](CCCNC(=N)N)C(=O)N[C@@H](CCCNC(=N)N)C(=O)O. The number of phenols is 2. The van der Waals surface area contributed by atoms with Gasteiger partial charge in [-0.15, -0.1) is 23.5 Å². The number of thioether (sulfide) groups is 2. The molecule has 59 heteroatoms. The minimum absolute atomic E-state index is 0.000506. The van der Waals surface area contributed by atoms with Crippen molar-refractivity contribution in [2.24, 2.45) is 52.0 Å². The number of amides is 17. The van der Waals surface area contributed by atoms with Gasteiger partial charge in [-0.2, -0.15) is 12.6 Å². The van der Waals surface area contributed by atoms with Gasteiger partial charge in [-0.05, 0) is 130 Å². The van der Waals surface area contributed by atoms with Crippen molar-refractivity contribution in [2.45, 2.75) is 222 Å². The molecule has 15 atom stereocenters. The molecule has 3 aromatic rings. The first kappa shape index (κ1) is 128. The Hall–Kier alpha value is -15.0. The first-order valence-corrected chi connectivity index (χ1v) is 50.3. The van der Waals surface area contributed by atoms with E-state index in [0.717, 1.165) is 29.1 Å². The van der Waals surface area contributed by atoms with Crippen LogP contribution in [0.25, 0.3) is 0 Å². The molecular formula is C90H145N33O23S3. The van der Waals surface area contributed by atoms with Crippen molar-refractivity contribution < 1.29 is 111 Å². The largest absolute Gasteiger partial charge is 0.508 e. The van der Waals surface area contributed by atoms with Crippen LogP contribution in [0.1, 0.15) is 129 Å². The fourth-order valence-corrected chi connectivity index (χ4v) is 15.6. The van der Waals surface area contributed by atoms with E-state index in [1.807, 2.05) is 30.3 Å². The number of benzene rings is 3. The molecule has 0 unspecified atom stereocenters. The predicted molar refractivity (Wildman–Crippen MR) is 555 cm³/mol. The second-order valence-electron chi connectivity index (χ2n) is 34.8. The number of aliphatic carboxylic acids is 1. The molecule has 56 nitrogen and oxygen atoms in total. The molecule has 0 fully saturated rings. The lowest BCUT2D eigenvalue weighted by molar-refractivity contribution is -0.142. The van der Waals surface area contributed by atoms with Crippen molar-refractivity contribution in [2.75, 3.05) is 74.9 Å². The molecular weight excluding hydrogens is 2010 g/mol. The van der Waals surface area contributed by atoms with Crippen LogP contribution in [0.15, 0.2) is 78.9 Å². The third-order valence-electron chi connectivity index (χ3n) is 21.7. The fraction of sp³-hybridized carbons (Fsp3) is 0.544. The number of aliphatic hydroxyl groups excluding tert-OH is 1. The summed E-state index contributed by atoms with van der Waals surface area (Å²) in [5.74, 6) is -23.9. The van der Waals surface area contributed by atoms with Crippen LogP contribution in [-0.2, 0) is 110 Å². The molecule has 0 aliphatic rings. The van der Waals surface area contributed by atoms with E-state index in [4.69, 9.17) is 71.9 Å². The van der Waals surface area contributed by atoms with Gasteiger partial charge in [0, 0.05) is 63.3 Å². The number of phenolic OH excluding ortho intramolecular Hbond substituents is 2. The van der Waals surface area contributed by atoms with Crippen molar-refractivity contribution in [3.05, 3.63) is 95.6 Å². The summed E-state index contributed by atoms with van der Waals surface area (Å²) in [5, 5.41) is 131. The number of primary amides is 1. The van der Waals surface area contributed by atoms with Crippen LogP contribution in [0.3, 0.4) is 0 Å². The highest BCUT2D eigenvalue weighted by Gasteiger charge is 2.40. The lowest BCUT2D eigenvalue weighted by Crippen LogP contribution is -2.62. The molecule has 0 spiro atoms. The summed E-state index contributed by atoms with van der Waals surface area (Å²) >= 11 is 6.26. The third kappa shape index (κ3) is 52.8. The maximum atomic E-state index is 15.0. The van der Waals surface area contributed by atoms with Crippen LogP contribution in [0.2, 0.25) is 0 Å². The van der Waals surface area contributed by atoms with Gasteiger partial charge < -0.3 is 177 Å². The molecule has 44 N–H and O–H groups in total. The Morgan fingerprint density at radius 3 is 1.12 bits per heavy atom. The highest BCUT2D eigenvalue weighted by Crippen LogP contribution is 2.19. The van der Waals surface area contributed by atoms with Crippen LogP contribution in [0.4, 0.5) is 0 Å². The van der Waals surface area contributed by atoms with Gasteiger partial charge >= 0.3 is 5.97 Å². The molecule has 0 aromatic heterocycles. The Labute approximate surface area is 874 Å². The number of hydrogen-bond donors (Lipinski definition) is 38. The molecule has 149 heavy (non-hydrogen) atoms. The van der Waals surface area contributed by atoms with Gasteiger partial charge in [0.05, 0.1) is 44.0 Å². The zero-order chi connectivity index (χ0) is 112. The Balaban J connectivity index is 1.94. The second kappa shape index (κ2) is 69.2. The van der Waals surface area contributed by atoms with Crippen LogP contribution < -0.4 is 152 Å². The van der Waals surface area contributed by atoms with Crippen LogP contribution in [0.5, 0.6) is 11.5 Å². The monoisotopic (exact) mass is 2150 g/mol. The maximum Gasteiger partial charge on any atom is 0.326 e. The molecule has 0 aliphatic heterocycles. The number of carboxylic acids is 1. The summed E-state index contributed by atoms with van der Waals surface area (Å²) in [6.45, 7) is 6.49. The van der Waals surface area contributed by atoms with Gasteiger partial charge in [0.15, 0.2) is 29.8 Å².